The van der Waals surface area contributed by atoms with Crippen LogP contribution in [0.15, 0.2) is 24.3 Å². The van der Waals surface area contributed by atoms with E-state index in [1.54, 1.807) is 24.3 Å². The van der Waals surface area contributed by atoms with Gasteiger partial charge in [-0.05, 0) is 18.6 Å². The first-order valence-corrected chi connectivity index (χ1v) is 5.53. The summed E-state index contributed by atoms with van der Waals surface area (Å²) in [5.74, 6) is -0.105. The van der Waals surface area contributed by atoms with E-state index in [-0.39, 0.29) is 31.0 Å². The van der Waals surface area contributed by atoms with Crippen LogP contribution in [-0.4, -0.2) is 42.0 Å². The van der Waals surface area contributed by atoms with Crippen molar-refractivity contribution in [3.05, 3.63) is 24.3 Å². The summed E-state index contributed by atoms with van der Waals surface area (Å²) in [6.07, 6.45) is 0.300. The van der Waals surface area contributed by atoms with Gasteiger partial charge in [-0.2, -0.15) is 0 Å². The molecule has 0 radical (unpaired) electrons. The fourth-order valence-electron chi connectivity index (χ4n) is 1.87. The Morgan fingerprint density at radius 1 is 1.41 bits per heavy atom. The molecule has 0 aromatic heterocycles. The molecule has 1 atom stereocenters. The lowest BCUT2D eigenvalue weighted by molar-refractivity contribution is -0.129. The molecule has 92 valence electrons. The number of aromatic hydroxyl groups is 1. The molecule has 1 unspecified atom stereocenters. The van der Waals surface area contributed by atoms with Crippen LogP contribution in [0.25, 0.3) is 0 Å². The number of nitrogens with zero attached hydrogens (tertiary/aromatic N) is 1. The SMILES string of the molecule is O=C1COC(CCO)CN1c1ccccc1O. The van der Waals surface area contributed by atoms with Crippen LogP contribution in [0.1, 0.15) is 6.42 Å². The van der Waals surface area contributed by atoms with Crippen molar-refractivity contribution in [3.8, 4) is 5.75 Å². The minimum atomic E-state index is -0.183. The van der Waals surface area contributed by atoms with Crippen molar-refractivity contribution in [1.29, 1.82) is 0 Å². The van der Waals surface area contributed by atoms with Crippen LogP contribution in [0.5, 0.6) is 5.75 Å². The molecule has 1 heterocycles. The molecule has 17 heavy (non-hydrogen) atoms. The maximum Gasteiger partial charge on any atom is 0.253 e. The number of rotatable bonds is 3. The molecule has 2 rings (SSSR count). The van der Waals surface area contributed by atoms with Gasteiger partial charge in [0.2, 0.25) is 0 Å². The first kappa shape index (κ1) is 11.9. The molecule has 2 N–H and O–H groups in total. The highest BCUT2D eigenvalue weighted by Gasteiger charge is 2.28. The van der Waals surface area contributed by atoms with Gasteiger partial charge in [-0.1, -0.05) is 12.1 Å². The van der Waals surface area contributed by atoms with E-state index < -0.39 is 0 Å². The van der Waals surface area contributed by atoms with Crippen LogP contribution in [-0.2, 0) is 9.53 Å². The fraction of sp³-hybridized carbons (Fsp3) is 0.417. The van der Waals surface area contributed by atoms with E-state index in [2.05, 4.69) is 0 Å². The number of phenolic OH excluding ortho intramolecular Hbond substituents is 1. The van der Waals surface area contributed by atoms with E-state index >= 15 is 0 Å². The van der Waals surface area contributed by atoms with Gasteiger partial charge in [0, 0.05) is 6.61 Å². The van der Waals surface area contributed by atoms with Crippen LogP contribution in [0.3, 0.4) is 0 Å². The Kier molecular flexibility index (Phi) is 3.61. The molecule has 0 aliphatic carbocycles. The van der Waals surface area contributed by atoms with Gasteiger partial charge in [0.15, 0.2) is 0 Å². The van der Waals surface area contributed by atoms with E-state index in [1.807, 2.05) is 0 Å². The van der Waals surface area contributed by atoms with Gasteiger partial charge in [0.1, 0.15) is 12.4 Å². The molecular formula is C12H15NO4. The number of morpholine rings is 1. The maximum absolute atomic E-state index is 11.7. The Labute approximate surface area is 99.2 Å². The molecule has 0 bridgehead atoms. The lowest BCUT2D eigenvalue weighted by atomic mass is 10.1. The van der Waals surface area contributed by atoms with Gasteiger partial charge in [-0.3, -0.25) is 4.79 Å². The van der Waals surface area contributed by atoms with E-state index in [0.29, 0.717) is 18.7 Å². The standard InChI is InChI=1S/C12H15NO4/c14-6-5-9-7-13(12(16)8-17-9)10-3-1-2-4-11(10)15/h1-4,9,14-15H,5-8H2. The van der Waals surface area contributed by atoms with E-state index in [0.717, 1.165) is 0 Å². The van der Waals surface area contributed by atoms with E-state index in [1.165, 1.54) is 4.90 Å². The Hall–Kier alpha value is -1.59. The molecule has 1 aromatic rings. The number of ether oxygens (including phenoxy) is 1. The number of phenols is 1. The van der Waals surface area contributed by atoms with Gasteiger partial charge < -0.3 is 19.8 Å². The van der Waals surface area contributed by atoms with Crippen molar-refractivity contribution in [2.75, 3.05) is 24.7 Å². The first-order chi connectivity index (χ1) is 8.22. The monoisotopic (exact) mass is 237 g/mol. The van der Waals surface area contributed by atoms with Crippen molar-refractivity contribution >= 4 is 11.6 Å². The number of hydrogen-bond acceptors (Lipinski definition) is 4. The second-order valence-electron chi connectivity index (χ2n) is 3.94. The van der Waals surface area contributed by atoms with Crippen LogP contribution >= 0.6 is 0 Å². The molecule has 1 aliphatic heterocycles. The van der Waals surface area contributed by atoms with Crippen molar-refractivity contribution in [2.24, 2.45) is 0 Å². The quantitative estimate of drug-likeness (QED) is 0.803. The molecule has 0 spiro atoms. The normalized spacial score (nSPS) is 20.6. The molecule has 1 aromatic carbocycles. The molecular weight excluding hydrogens is 222 g/mol. The van der Waals surface area contributed by atoms with E-state index in [9.17, 15) is 9.90 Å². The van der Waals surface area contributed by atoms with Gasteiger partial charge in [-0.25, -0.2) is 0 Å². The zero-order valence-electron chi connectivity index (χ0n) is 9.37. The Bertz CT molecular complexity index is 407. The summed E-state index contributed by atoms with van der Waals surface area (Å²) in [7, 11) is 0. The summed E-state index contributed by atoms with van der Waals surface area (Å²) in [5, 5.41) is 18.6. The summed E-state index contributed by atoms with van der Waals surface area (Å²) in [6, 6.07) is 6.70. The second-order valence-corrected chi connectivity index (χ2v) is 3.94. The predicted molar refractivity (Wildman–Crippen MR) is 61.9 cm³/mol. The first-order valence-electron chi connectivity index (χ1n) is 5.53. The van der Waals surface area contributed by atoms with Crippen LogP contribution in [0.2, 0.25) is 0 Å². The minimum absolute atomic E-state index is 0.0149. The van der Waals surface area contributed by atoms with Crippen molar-refractivity contribution < 1.29 is 19.7 Å². The van der Waals surface area contributed by atoms with Gasteiger partial charge in [-0.15, -0.1) is 0 Å². The summed E-state index contributed by atoms with van der Waals surface area (Å²) in [4.78, 5) is 13.2. The fourth-order valence-corrected chi connectivity index (χ4v) is 1.87. The molecule has 0 saturated carbocycles. The average molecular weight is 237 g/mol. The molecule has 1 fully saturated rings. The summed E-state index contributed by atoms with van der Waals surface area (Å²) in [5.41, 5.74) is 0.490. The van der Waals surface area contributed by atoms with Gasteiger partial charge in [0.25, 0.3) is 5.91 Å². The van der Waals surface area contributed by atoms with Gasteiger partial charge in [0.05, 0.1) is 18.3 Å². The number of aliphatic hydroxyl groups excluding tert-OH is 1. The third-order valence-electron chi connectivity index (χ3n) is 2.75. The van der Waals surface area contributed by atoms with E-state index in [4.69, 9.17) is 9.84 Å². The summed E-state index contributed by atoms with van der Waals surface area (Å²) < 4.78 is 5.29. The number of aliphatic hydroxyl groups is 1. The topological polar surface area (TPSA) is 70.0 Å². The molecule has 5 heteroatoms. The summed E-state index contributed by atoms with van der Waals surface area (Å²) in [6.45, 7) is 0.365. The van der Waals surface area contributed by atoms with Crippen LogP contribution < -0.4 is 4.90 Å². The van der Waals surface area contributed by atoms with Crippen molar-refractivity contribution in [2.45, 2.75) is 12.5 Å². The third kappa shape index (κ3) is 2.57. The number of anilines is 1. The second kappa shape index (κ2) is 5.16. The molecule has 1 amide bonds. The van der Waals surface area contributed by atoms with Crippen molar-refractivity contribution in [3.63, 3.8) is 0 Å². The number of hydrogen-bond donors (Lipinski definition) is 2. The molecule has 5 nitrogen and oxygen atoms in total. The van der Waals surface area contributed by atoms with Crippen LogP contribution in [0, 0.1) is 0 Å². The Morgan fingerprint density at radius 3 is 2.88 bits per heavy atom. The highest BCUT2D eigenvalue weighted by Crippen LogP contribution is 2.28. The van der Waals surface area contributed by atoms with Crippen molar-refractivity contribution in [1.82, 2.24) is 0 Å². The Balaban J connectivity index is 2.18. The smallest absolute Gasteiger partial charge is 0.253 e. The molecule has 1 saturated heterocycles. The zero-order valence-corrected chi connectivity index (χ0v) is 9.37. The average Bonchev–Trinajstić information content (AvgIpc) is 2.33. The minimum Gasteiger partial charge on any atom is -0.506 e. The zero-order chi connectivity index (χ0) is 12.3. The lowest BCUT2D eigenvalue weighted by Gasteiger charge is -2.32. The maximum atomic E-state index is 11.7. The van der Waals surface area contributed by atoms with Crippen LogP contribution in [0.4, 0.5) is 5.69 Å². The summed E-state index contributed by atoms with van der Waals surface area (Å²) >= 11 is 0. The number of benzene rings is 1. The largest absolute Gasteiger partial charge is 0.506 e. The molecule has 1 aliphatic rings. The number of carbonyl (C=O) groups excluding carboxylic acids is 1. The number of amides is 1. The number of carbonyl (C=O) groups is 1. The predicted octanol–water partition coefficient (Wildman–Crippen LogP) is 0.506. The number of para-hydroxylation sites is 2. The highest BCUT2D eigenvalue weighted by molar-refractivity contribution is 5.96. The third-order valence-corrected chi connectivity index (χ3v) is 2.75. The Morgan fingerprint density at radius 2 is 2.18 bits per heavy atom. The highest BCUT2D eigenvalue weighted by atomic mass is 16.5. The van der Waals surface area contributed by atoms with Gasteiger partial charge >= 0.3 is 0 Å². The lowest BCUT2D eigenvalue weighted by Crippen LogP contribution is -2.47.